The van der Waals surface area contributed by atoms with E-state index < -0.39 is 12.6 Å². The third kappa shape index (κ3) is 4.54. The van der Waals surface area contributed by atoms with E-state index in [1.807, 2.05) is 6.07 Å². The molecule has 0 fully saturated rings. The number of nitrogens with zero attached hydrogens (tertiary/aromatic N) is 1. The van der Waals surface area contributed by atoms with Gasteiger partial charge in [0.2, 0.25) is 0 Å². The molecule has 0 radical (unpaired) electrons. The first-order valence-electron chi connectivity index (χ1n) is 5.70. The van der Waals surface area contributed by atoms with Crippen LogP contribution >= 0.6 is 0 Å². The lowest BCUT2D eigenvalue weighted by atomic mass is 10.1. The topological polar surface area (TPSA) is 59.3 Å². The Morgan fingerprint density at radius 2 is 2.21 bits per heavy atom. The molecule has 0 aliphatic heterocycles. The Balaban J connectivity index is 3.00. The minimum absolute atomic E-state index is 0.101. The zero-order chi connectivity index (χ0) is 14.3. The van der Waals surface area contributed by atoms with Gasteiger partial charge < -0.3 is 9.47 Å². The molecule has 0 aromatic heterocycles. The number of rotatable bonds is 6. The van der Waals surface area contributed by atoms with Crippen LogP contribution < -0.4 is 4.74 Å². The lowest BCUT2D eigenvalue weighted by Gasteiger charge is -2.11. The third-order valence-corrected chi connectivity index (χ3v) is 2.30. The van der Waals surface area contributed by atoms with E-state index >= 15 is 0 Å². The molecule has 0 saturated carbocycles. The van der Waals surface area contributed by atoms with Crippen LogP contribution in [0, 0.1) is 11.3 Å². The molecule has 0 heterocycles. The maximum Gasteiger partial charge on any atom is 0.387 e. The number of benzene rings is 1. The molecule has 0 atom stereocenters. The van der Waals surface area contributed by atoms with E-state index in [4.69, 9.17) is 10.00 Å². The number of carbonyl (C=O) groups is 1. The summed E-state index contributed by atoms with van der Waals surface area (Å²) in [7, 11) is 0. The van der Waals surface area contributed by atoms with Crippen LogP contribution in [0.4, 0.5) is 8.78 Å². The minimum atomic E-state index is -2.99. The summed E-state index contributed by atoms with van der Waals surface area (Å²) < 4.78 is 33.7. The quantitative estimate of drug-likeness (QED) is 0.745. The van der Waals surface area contributed by atoms with Crippen LogP contribution in [-0.2, 0) is 11.2 Å². The van der Waals surface area contributed by atoms with Crippen LogP contribution in [0.1, 0.15) is 29.3 Å². The highest BCUT2D eigenvalue weighted by molar-refractivity contribution is 5.90. The highest BCUT2D eigenvalue weighted by Gasteiger charge is 2.14. The largest absolute Gasteiger partial charge is 0.462 e. The predicted octanol–water partition coefficient (Wildman–Crippen LogP) is 2.92. The van der Waals surface area contributed by atoms with Crippen LogP contribution in [-0.4, -0.2) is 19.2 Å². The molecule has 0 bridgehead atoms. The van der Waals surface area contributed by atoms with E-state index in [9.17, 15) is 13.6 Å². The maximum absolute atomic E-state index is 12.3. The van der Waals surface area contributed by atoms with Gasteiger partial charge in [-0.05, 0) is 31.0 Å². The fraction of sp³-hybridized carbons (Fsp3) is 0.385. The second kappa shape index (κ2) is 7.31. The minimum Gasteiger partial charge on any atom is -0.462 e. The smallest absolute Gasteiger partial charge is 0.387 e. The Labute approximate surface area is 109 Å². The first-order valence-corrected chi connectivity index (χ1v) is 5.70. The van der Waals surface area contributed by atoms with Crippen LogP contribution in [0.5, 0.6) is 5.75 Å². The highest BCUT2D eigenvalue weighted by Crippen LogP contribution is 2.24. The standard InChI is InChI=1S/C13H13F2NO3/c1-2-18-12(17)10-6-5-9(4-3-7-16)11(8-10)19-13(14)15/h5-6,8,13H,2-4H2,1H3. The molecule has 0 saturated heterocycles. The number of ether oxygens (including phenoxy) is 2. The van der Waals surface area contributed by atoms with Crippen LogP contribution in [0.3, 0.4) is 0 Å². The summed E-state index contributed by atoms with van der Waals surface area (Å²) in [6, 6.07) is 6.07. The highest BCUT2D eigenvalue weighted by atomic mass is 19.3. The van der Waals surface area contributed by atoms with Gasteiger partial charge in [0.25, 0.3) is 0 Å². The number of nitriles is 1. The van der Waals surface area contributed by atoms with Crippen molar-refractivity contribution in [3.63, 3.8) is 0 Å². The molecule has 0 aliphatic carbocycles. The molecule has 0 spiro atoms. The Morgan fingerprint density at radius 3 is 2.79 bits per heavy atom. The number of alkyl halides is 2. The molecule has 1 rings (SSSR count). The van der Waals surface area contributed by atoms with Crippen molar-refractivity contribution in [1.82, 2.24) is 0 Å². The number of hydrogen-bond acceptors (Lipinski definition) is 4. The second-order valence-corrected chi connectivity index (χ2v) is 3.58. The molecular weight excluding hydrogens is 256 g/mol. The number of carbonyl (C=O) groups excluding carboxylic acids is 1. The zero-order valence-electron chi connectivity index (χ0n) is 10.4. The van der Waals surface area contributed by atoms with Crippen molar-refractivity contribution < 1.29 is 23.0 Å². The Bertz CT molecular complexity index is 483. The summed E-state index contributed by atoms with van der Waals surface area (Å²) in [5.74, 6) is -0.704. The second-order valence-electron chi connectivity index (χ2n) is 3.58. The van der Waals surface area contributed by atoms with E-state index in [-0.39, 0.29) is 30.8 Å². The first kappa shape index (κ1) is 14.9. The van der Waals surface area contributed by atoms with E-state index in [1.54, 1.807) is 6.92 Å². The summed E-state index contributed by atoms with van der Waals surface area (Å²) in [4.78, 5) is 11.5. The van der Waals surface area contributed by atoms with Gasteiger partial charge in [-0.2, -0.15) is 14.0 Å². The molecule has 0 N–H and O–H groups in total. The van der Waals surface area contributed by atoms with Crippen LogP contribution in [0.15, 0.2) is 18.2 Å². The van der Waals surface area contributed by atoms with E-state index in [0.29, 0.717) is 5.56 Å². The molecule has 1 aromatic carbocycles. The van der Waals surface area contributed by atoms with Crippen LogP contribution in [0.25, 0.3) is 0 Å². The van der Waals surface area contributed by atoms with Crippen molar-refractivity contribution >= 4 is 5.97 Å². The van der Waals surface area contributed by atoms with Gasteiger partial charge in [0.1, 0.15) is 5.75 Å². The van der Waals surface area contributed by atoms with Gasteiger partial charge in [0, 0.05) is 6.42 Å². The molecule has 102 valence electrons. The number of aryl methyl sites for hydroxylation is 1. The zero-order valence-corrected chi connectivity index (χ0v) is 10.4. The predicted molar refractivity (Wildman–Crippen MR) is 63.0 cm³/mol. The fourth-order valence-electron chi connectivity index (χ4n) is 1.50. The van der Waals surface area contributed by atoms with E-state index in [2.05, 4.69) is 4.74 Å². The molecule has 0 unspecified atom stereocenters. The summed E-state index contributed by atoms with van der Waals surface area (Å²) in [6.07, 6.45) is 0.458. The molecule has 0 amide bonds. The first-order chi connectivity index (χ1) is 9.08. The molecule has 4 nitrogen and oxygen atoms in total. The summed E-state index contributed by atoms with van der Waals surface area (Å²) in [5, 5.41) is 8.50. The molecule has 1 aromatic rings. The fourth-order valence-corrected chi connectivity index (χ4v) is 1.50. The third-order valence-electron chi connectivity index (χ3n) is 2.30. The molecular formula is C13H13F2NO3. The van der Waals surface area contributed by atoms with Gasteiger partial charge in [-0.1, -0.05) is 6.07 Å². The number of esters is 1. The summed E-state index contributed by atoms with van der Waals surface area (Å²) in [5.41, 5.74) is 0.591. The van der Waals surface area contributed by atoms with Gasteiger partial charge in [-0.25, -0.2) is 4.79 Å². The number of hydrogen-bond donors (Lipinski definition) is 0. The Kier molecular flexibility index (Phi) is 5.73. The van der Waals surface area contributed by atoms with Gasteiger partial charge in [-0.3, -0.25) is 0 Å². The van der Waals surface area contributed by atoms with Crippen molar-refractivity contribution in [2.75, 3.05) is 6.61 Å². The van der Waals surface area contributed by atoms with Gasteiger partial charge in [0.15, 0.2) is 0 Å². The molecule has 19 heavy (non-hydrogen) atoms. The van der Waals surface area contributed by atoms with Crippen molar-refractivity contribution in [2.24, 2.45) is 0 Å². The molecule has 0 aliphatic rings. The average Bonchev–Trinajstić information content (AvgIpc) is 2.36. The van der Waals surface area contributed by atoms with Crippen LogP contribution in [0.2, 0.25) is 0 Å². The van der Waals surface area contributed by atoms with Gasteiger partial charge in [0.05, 0.1) is 18.2 Å². The lowest BCUT2D eigenvalue weighted by Crippen LogP contribution is -2.08. The van der Waals surface area contributed by atoms with Crippen molar-refractivity contribution in [1.29, 1.82) is 5.26 Å². The van der Waals surface area contributed by atoms with Gasteiger partial charge >= 0.3 is 12.6 Å². The summed E-state index contributed by atoms with van der Waals surface area (Å²) >= 11 is 0. The van der Waals surface area contributed by atoms with Crippen molar-refractivity contribution in [3.05, 3.63) is 29.3 Å². The normalized spacial score (nSPS) is 10.1. The maximum atomic E-state index is 12.3. The average molecular weight is 269 g/mol. The molecule has 6 heteroatoms. The van der Waals surface area contributed by atoms with Crippen molar-refractivity contribution in [3.8, 4) is 11.8 Å². The van der Waals surface area contributed by atoms with Gasteiger partial charge in [-0.15, -0.1) is 0 Å². The van der Waals surface area contributed by atoms with E-state index in [1.165, 1.54) is 18.2 Å². The SMILES string of the molecule is CCOC(=O)c1ccc(CCC#N)c(OC(F)F)c1. The Hall–Kier alpha value is -2.16. The summed E-state index contributed by atoms with van der Waals surface area (Å²) in [6.45, 7) is -1.14. The van der Waals surface area contributed by atoms with Crippen molar-refractivity contribution in [2.45, 2.75) is 26.4 Å². The monoisotopic (exact) mass is 269 g/mol. The lowest BCUT2D eigenvalue weighted by molar-refractivity contribution is -0.0505. The van der Waals surface area contributed by atoms with E-state index in [0.717, 1.165) is 0 Å². The number of halogens is 2. The Morgan fingerprint density at radius 1 is 1.47 bits per heavy atom.